The normalized spacial score (nSPS) is 17.7. The van der Waals surface area contributed by atoms with Crippen LogP contribution >= 0.6 is 0 Å². The highest BCUT2D eigenvalue weighted by molar-refractivity contribution is 5.79. The van der Waals surface area contributed by atoms with Crippen molar-refractivity contribution < 1.29 is 0 Å². The smallest absolute Gasteiger partial charge is 0.0705 e. The van der Waals surface area contributed by atoms with Gasteiger partial charge in [0.2, 0.25) is 0 Å². The molecule has 1 aliphatic carbocycles. The molecular formula is C17H23N3. The number of nitrogens with zero attached hydrogens (tertiary/aromatic N) is 1. The monoisotopic (exact) mass is 269 g/mol. The Bertz CT molecular complexity index is 588. The molecule has 106 valence electrons. The molecule has 0 bridgehead atoms. The lowest BCUT2D eigenvalue weighted by atomic mass is 10.0. The molecular weight excluding hydrogens is 246 g/mol. The van der Waals surface area contributed by atoms with Gasteiger partial charge in [-0.25, -0.2) is 0 Å². The summed E-state index contributed by atoms with van der Waals surface area (Å²) in [5.41, 5.74) is 9.37. The van der Waals surface area contributed by atoms with Crippen molar-refractivity contribution in [1.82, 2.24) is 10.3 Å². The summed E-state index contributed by atoms with van der Waals surface area (Å²) in [7, 11) is 0. The molecule has 3 nitrogen and oxygen atoms in total. The van der Waals surface area contributed by atoms with Gasteiger partial charge < -0.3 is 11.1 Å². The molecule has 0 amide bonds. The molecule has 1 aromatic carbocycles. The van der Waals surface area contributed by atoms with Crippen LogP contribution in [0.2, 0.25) is 0 Å². The van der Waals surface area contributed by atoms with Crippen molar-refractivity contribution in [2.24, 2.45) is 5.73 Å². The van der Waals surface area contributed by atoms with Gasteiger partial charge in [0.15, 0.2) is 0 Å². The minimum atomic E-state index is 0.254. The number of aryl methyl sites for hydroxylation is 1. The van der Waals surface area contributed by atoms with Gasteiger partial charge in [-0.15, -0.1) is 0 Å². The third-order valence-electron chi connectivity index (χ3n) is 4.28. The highest BCUT2D eigenvalue weighted by atomic mass is 15.0. The Morgan fingerprint density at radius 2 is 2.05 bits per heavy atom. The Morgan fingerprint density at radius 1 is 1.25 bits per heavy atom. The van der Waals surface area contributed by atoms with Crippen molar-refractivity contribution in [2.75, 3.05) is 6.54 Å². The fourth-order valence-corrected chi connectivity index (χ4v) is 3.14. The predicted octanol–water partition coefficient (Wildman–Crippen LogP) is 3.08. The number of nitrogens with two attached hydrogens (primary N) is 1. The second kappa shape index (κ2) is 5.90. The number of fused-ring (bicyclic) bond motifs is 1. The predicted molar refractivity (Wildman–Crippen MR) is 83.7 cm³/mol. The first-order valence-electron chi connectivity index (χ1n) is 7.59. The second-order valence-electron chi connectivity index (χ2n) is 5.84. The van der Waals surface area contributed by atoms with Crippen LogP contribution in [0.1, 0.15) is 43.0 Å². The maximum absolute atomic E-state index is 5.97. The van der Waals surface area contributed by atoms with Crippen molar-refractivity contribution in [3.8, 4) is 0 Å². The summed E-state index contributed by atoms with van der Waals surface area (Å²) in [6.07, 6.45) is 5.25. The van der Waals surface area contributed by atoms with E-state index in [-0.39, 0.29) is 6.04 Å². The third kappa shape index (κ3) is 2.84. The van der Waals surface area contributed by atoms with Gasteiger partial charge in [-0.05, 0) is 43.5 Å². The molecule has 1 saturated carbocycles. The first-order chi connectivity index (χ1) is 9.76. The summed E-state index contributed by atoms with van der Waals surface area (Å²) in [4.78, 5) is 4.55. The van der Waals surface area contributed by atoms with Crippen LogP contribution < -0.4 is 11.1 Å². The summed E-state index contributed by atoms with van der Waals surface area (Å²) in [5.74, 6) is 0. The maximum Gasteiger partial charge on any atom is 0.0705 e. The molecule has 1 fully saturated rings. The number of benzene rings is 1. The standard InChI is InChI=1S/C17H23N3/c1-12-6-7-13-10-14(8-9-16(13)19-12)17(11-18)20-15-4-2-3-5-15/h6-10,15,17,20H,2-5,11,18H2,1H3. The molecule has 0 aliphatic heterocycles. The lowest BCUT2D eigenvalue weighted by molar-refractivity contribution is 0.445. The van der Waals surface area contributed by atoms with E-state index in [1.54, 1.807) is 0 Å². The van der Waals surface area contributed by atoms with Gasteiger partial charge in [0.05, 0.1) is 5.52 Å². The quantitative estimate of drug-likeness (QED) is 0.897. The van der Waals surface area contributed by atoms with E-state index in [1.807, 2.05) is 6.92 Å². The highest BCUT2D eigenvalue weighted by Crippen LogP contribution is 2.24. The summed E-state index contributed by atoms with van der Waals surface area (Å²) in [6.45, 7) is 2.67. The Balaban J connectivity index is 1.85. The lowest BCUT2D eigenvalue weighted by Crippen LogP contribution is -2.35. The molecule has 1 aliphatic rings. The second-order valence-corrected chi connectivity index (χ2v) is 5.84. The van der Waals surface area contributed by atoms with E-state index in [4.69, 9.17) is 5.73 Å². The topological polar surface area (TPSA) is 50.9 Å². The van der Waals surface area contributed by atoms with Crippen molar-refractivity contribution in [2.45, 2.75) is 44.7 Å². The van der Waals surface area contributed by atoms with E-state index in [0.29, 0.717) is 12.6 Å². The van der Waals surface area contributed by atoms with Crippen molar-refractivity contribution in [3.63, 3.8) is 0 Å². The molecule has 20 heavy (non-hydrogen) atoms. The van der Waals surface area contributed by atoms with Crippen LogP contribution in [0.3, 0.4) is 0 Å². The summed E-state index contributed by atoms with van der Waals surface area (Å²) < 4.78 is 0. The molecule has 1 atom stereocenters. The number of rotatable bonds is 4. The first-order valence-corrected chi connectivity index (χ1v) is 7.59. The molecule has 3 N–H and O–H groups in total. The van der Waals surface area contributed by atoms with E-state index >= 15 is 0 Å². The van der Waals surface area contributed by atoms with Crippen LogP contribution in [0, 0.1) is 6.92 Å². The number of nitrogens with one attached hydrogen (secondary N) is 1. The van der Waals surface area contributed by atoms with Crippen LogP contribution in [0.25, 0.3) is 10.9 Å². The number of aromatic nitrogens is 1. The SMILES string of the molecule is Cc1ccc2cc(C(CN)NC3CCCC3)ccc2n1. The average molecular weight is 269 g/mol. The van der Waals surface area contributed by atoms with Crippen LogP contribution in [0.5, 0.6) is 0 Å². The maximum atomic E-state index is 5.97. The minimum Gasteiger partial charge on any atom is -0.329 e. The molecule has 3 heteroatoms. The molecule has 2 aromatic rings. The van der Waals surface area contributed by atoms with E-state index < -0.39 is 0 Å². The Labute approximate surface area is 120 Å². The molecule has 0 saturated heterocycles. The van der Waals surface area contributed by atoms with Gasteiger partial charge in [0.1, 0.15) is 0 Å². The number of hydrogen-bond donors (Lipinski definition) is 2. The zero-order valence-electron chi connectivity index (χ0n) is 12.1. The number of pyridine rings is 1. The van der Waals surface area contributed by atoms with Gasteiger partial charge in [-0.1, -0.05) is 25.0 Å². The van der Waals surface area contributed by atoms with Gasteiger partial charge in [-0.2, -0.15) is 0 Å². The fraction of sp³-hybridized carbons (Fsp3) is 0.471. The van der Waals surface area contributed by atoms with Crippen LogP contribution in [-0.2, 0) is 0 Å². The van der Waals surface area contributed by atoms with Crippen LogP contribution in [-0.4, -0.2) is 17.6 Å². The summed E-state index contributed by atoms with van der Waals surface area (Å²) in [6, 6.07) is 11.6. The van der Waals surface area contributed by atoms with Crippen molar-refractivity contribution >= 4 is 10.9 Å². The molecule has 1 unspecified atom stereocenters. The zero-order valence-corrected chi connectivity index (χ0v) is 12.1. The largest absolute Gasteiger partial charge is 0.329 e. The Morgan fingerprint density at radius 3 is 2.80 bits per heavy atom. The van der Waals surface area contributed by atoms with Crippen molar-refractivity contribution in [1.29, 1.82) is 0 Å². The molecule has 1 aromatic heterocycles. The van der Waals surface area contributed by atoms with E-state index in [0.717, 1.165) is 11.2 Å². The summed E-state index contributed by atoms with van der Waals surface area (Å²) >= 11 is 0. The Kier molecular flexibility index (Phi) is 3.99. The van der Waals surface area contributed by atoms with Gasteiger partial charge in [0, 0.05) is 29.7 Å². The minimum absolute atomic E-state index is 0.254. The van der Waals surface area contributed by atoms with Crippen molar-refractivity contribution in [3.05, 3.63) is 41.6 Å². The van der Waals surface area contributed by atoms with Crippen LogP contribution in [0.4, 0.5) is 0 Å². The van der Waals surface area contributed by atoms with Gasteiger partial charge >= 0.3 is 0 Å². The fourth-order valence-electron chi connectivity index (χ4n) is 3.14. The molecule has 0 radical (unpaired) electrons. The zero-order chi connectivity index (χ0) is 13.9. The average Bonchev–Trinajstić information content (AvgIpc) is 2.97. The first kappa shape index (κ1) is 13.5. The molecule has 1 heterocycles. The third-order valence-corrected chi connectivity index (χ3v) is 4.28. The lowest BCUT2D eigenvalue weighted by Gasteiger charge is -2.22. The molecule has 0 spiro atoms. The highest BCUT2D eigenvalue weighted by Gasteiger charge is 2.19. The summed E-state index contributed by atoms with van der Waals surface area (Å²) in [5, 5.41) is 4.91. The van der Waals surface area contributed by atoms with Crippen LogP contribution in [0.15, 0.2) is 30.3 Å². The molecule has 3 rings (SSSR count). The number of hydrogen-bond acceptors (Lipinski definition) is 3. The Hall–Kier alpha value is -1.45. The van der Waals surface area contributed by atoms with E-state index in [2.05, 4.69) is 40.6 Å². The van der Waals surface area contributed by atoms with Gasteiger partial charge in [-0.3, -0.25) is 4.98 Å². The van der Waals surface area contributed by atoms with E-state index in [1.165, 1.54) is 36.6 Å². The van der Waals surface area contributed by atoms with Gasteiger partial charge in [0.25, 0.3) is 0 Å². The van der Waals surface area contributed by atoms with E-state index in [9.17, 15) is 0 Å².